The van der Waals surface area contributed by atoms with E-state index in [9.17, 15) is 9.18 Å². The molecule has 0 atom stereocenters. The van der Waals surface area contributed by atoms with Crippen LogP contribution in [0, 0.1) is 5.82 Å². The highest BCUT2D eigenvalue weighted by molar-refractivity contribution is 6.32. The van der Waals surface area contributed by atoms with Gasteiger partial charge in [0.05, 0.1) is 17.8 Å². The highest BCUT2D eigenvalue weighted by Crippen LogP contribution is 2.27. The van der Waals surface area contributed by atoms with Crippen molar-refractivity contribution in [1.29, 1.82) is 0 Å². The first-order valence-corrected chi connectivity index (χ1v) is 9.99. The lowest BCUT2D eigenvalue weighted by Crippen LogP contribution is -2.11. The lowest BCUT2D eigenvalue weighted by Gasteiger charge is -2.10. The minimum Gasteiger partial charge on any atom is -0.495 e. The van der Waals surface area contributed by atoms with Crippen molar-refractivity contribution in [3.05, 3.63) is 95.5 Å². The maximum absolute atomic E-state index is 13.5. The number of halogens is 2. The van der Waals surface area contributed by atoms with Crippen LogP contribution in [0.5, 0.6) is 5.75 Å². The van der Waals surface area contributed by atoms with Crippen LogP contribution in [0.25, 0.3) is 11.3 Å². The van der Waals surface area contributed by atoms with E-state index in [1.165, 1.54) is 25.6 Å². The van der Waals surface area contributed by atoms with Gasteiger partial charge < -0.3 is 15.4 Å². The molecule has 0 bridgehead atoms. The monoisotopic (exact) mass is 448 g/mol. The van der Waals surface area contributed by atoms with Crippen LogP contribution in [0.15, 0.2) is 79.1 Å². The molecule has 160 valence electrons. The summed E-state index contributed by atoms with van der Waals surface area (Å²) in [6, 6.07) is 19.9. The number of aromatic nitrogens is 2. The van der Waals surface area contributed by atoms with Crippen LogP contribution in [0.4, 0.5) is 21.6 Å². The van der Waals surface area contributed by atoms with Crippen LogP contribution in [-0.4, -0.2) is 23.0 Å². The highest BCUT2D eigenvalue weighted by Gasteiger charge is 2.09. The number of nitrogens with one attached hydrogen (secondary N) is 2. The molecule has 0 spiro atoms. The average Bonchev–Trinajstić information content (AvgIpc) is 2.80. The normalized spacial score (nSPS) is 10.5. The summed E-state index contributed by atoms with van der Waals surface area (Å²) in [6.07, 6.45) is 1.41. The summed E-state index contributed by atoms with van der Waals surface area (Å²) in [5, 5.41) is 6.37. The molecule has 1 aromatic heterocycles. The molecule has 0 saturated heterocycles. The Kier molecular flexibility index (Phi) is 6.28. The second kappa shape index (κ2) is 9.45. The SMILES string of the molecule is COc1ccc(NC(=O)c2ccc(Nc3cc(-c4cccc(F)c4)ncn3)cc2)cc1Cl. The molecule has 0 saturated carbocycles. The Balaban J connectivity index is 1.44. The Morgan fingerprint density at radius 2 is 1.75 bits per heavy atom. The first-order chi connectivity index (χ1) is 15.5. The highest BCUT2D eigenvalue weighted by atomic mass is 35.5. The van der Waals surface area contributed by atoms with E-state index in [0.29, 0.717) is 39.1 Å². The van der Waals surface area contributed by atoms with Gasteiger partial charge in [0.1, 0.15) is 23.7 Å². The van der Waals surface area contributed by atoms with Crippen LogP contribution in [-0.2, 0) is 0 Å². The summed E-state index contributed by atoms with van der Waals surface area (Å²) in [6.45, 7) is 0. The third-order valence-corrected chi connectivity index (χ3v) is 4.91. The van der Waals surface area contributed by atoms with Crippen LogP contribution in [0.2, 0.25) is 5.02 Å². The zero-order valence-electron chi connectivity index (χ0n) is 17.0. The van der Waals surface area contributed by atoms with Crippen molar-refractivity contribution in [3.63, 3.8) is 0 Å². The summed E-state index contributed by atoms with van der Waals surface area (Å²) < 4.78 is 18.6. The van der Waals surface area contributed by atoms with Crippen molar-refractivity contribution < 1.29 is 13.9 Å². The second-order valence-corrected chi connectivity index (χ2v) is 7.21. The summed E-state index contributed by atoms with van der Waals surface area (Å²) in [7, 11) is 1.53. The van der Waals surface area contributed by atoms with Crippen molar-refractivity contribution in [3.8, 4) is 17.0 Å². The van der Waals surface area contributed by atoms with Gasteiger partial charge in [-0.1, -0.05) is 23.7 Å². The minimum absolute atomic E-state index is 0.270. The number of ether oxygens (including phenoxy) is 1. The van der Waals surface area contributed by atoms with Crippen molar-refractivity contribution >= 4 is 34.7 Å². The van der Waals surface area contributed by atoms with Crippen LogP contribution in [0.1, 0.15) is 10.4 Å². The molecule has 0 unspecified atom stereocenters. The summed E-state index contributed by atoms with van der Waals surface area (Å²) in [4.78, 5) is 20.9. The summed E-state index contributed by atoms with van der Waals surface area (Å²) in [5.41, 5.74) is 3.02. The Hall–Kier alpha value is -3.97. The van der Waals surface area contributed by atoms with E-state index in [0.717, 1.165) is 5.69 Å². The maximum atomic E-state index is 13.5. The fourth-order valence-corrected chi connectivity index (χ4v) is 3.29. The fourth-order valence-electron chi connectivity index (χ4n) is 3.03. The van der Waals surface area contributed by atoms with E-state index in [1.807, 2.05) is 0 Å². The largest absolute Gasteiger partial charge is 0.495 e. The summed E-state index contributed by atoms with van der Waals surface area (Å²) in [5.74, 6) is 0.476. The zero-order chi connectivity index (χ0) is 22.5. The lowest BCUT2D eigenvalue weighted by atomic mass is 10.1. The molecule has 1 amide bonds. The Morgan fingerprint density at radius 3 is 2.47 bits per heavy atom. The Bertz CT molecular complexity index is 1270. The molecular weight excluding hydrogens is 431 g/mol. The summed E-state index contributed by atoms with van der Waals surface area (Å²) >= 11 is 6.10. The second-order valence-electron chi connectivity index (χ2n) is 6.80. The standard InChI is InChI=1S/C24H18ClFN4O2/c1-32-22-10-9-19(12-20(22)25)30-24(31)15-5-7-18(8-6-15)29-23-13-21(27-14-28-23)16-3-2-4-17(26)11-16/h2-14H,1H3,(H,30,31)(H,27,28,29). The van der Waals surface area contributed by atoms with Crippen LogP contribution in [0.3, 0.4) is 0 Å². The molecule has 6 nitrogen and oxygen atoms in total. The number of rotatable bonds is 6. The van der Waals surface area contributed by atoms with Gasteiger partial charge in [0.2, 0.25) is 0 Å². The third-order valence-electron chi connectivity index (χ3n) is 4.62. The lowest BCUT2D eigenvalue weighted by molar-refractivity contribution is 0.102. The Labute approximate surface area is 189 Å². The molecule has 3 aromatic carbocycles. The van der Waals surface area contributed by atoms with Crippen molar-refractivity contribution in [1.82, 2.24) is 9.97 Å². The molecule has 0 aliphatic heterocycles. The molecule has 1 heterocycles. The molecule has 2 N–H and O–H groups in total. The molecule has 32 heavy (non-hydrogen) atoms. The van der Waals surface area contributed by atoms with Gasteiger partial charge in [0, 0.05) is 28.6 Å². The number of nitrogens with zero attached hydrogens (tertiary/aromatic N) is 2. The van der Waals surface area contributed by atoms with Gasteiger partial charge in [-0.25, -0.2) is 14.4 Å². The van der Waals surface area contributed by atoms with Gasteiger partial charge in [0.15, 0.2) is 0 Å². The average molecular weight is 449 g/mol. The fraction of sp³-hybridized carbons (Fsp3) is 0.0417. The number of anilines is 3. The first-order valence-electron chi connectivity index (χ1n) is 9.62. The van der Waals surface area contributed by atoms with E-state index in [1.54, 1.807) is 60.7 Å². The molecule has 4 aromatic rings. The minimum atomic E-state index is -0.332. The number of hydrogen-bond acceptors (Lipinski definition) is 5. The Morgan fingerprint density at radius 1 is 0.969 bits per heavy atom. The van der Waals surface area contributed by atoms with Crippen LogP contribution >= 0.6 is 11.6 Å². The maximum Gasteiger partial charge on any atom is 0.255 e. The molecule has 8 heteroatoms. The van der Waals surface area contributed by atoms with E-state index >= 15 is 0 Å². The number of benzene rings is 3. The molecule has 4 rings (SSSR count). The molecule has 0 radical (unpaired) electrons. The van der Waals surface area contributed by atoms with E-state index < -0.39 is 0 Å². The smallest absolute Gasteiger partial charge is 0.255 e. The van der Waals surface area contributed by atoms with Gasteiger partial charge >= 0.3 is 0 Å². The number of hydrogen-bond donors (Lipinski definition) is 2. The van der Waals surface area contributed by atoms with Crippen molar-refractivity contribution in [2.24, 2.45) is 0 Å². The van der Waals surface area contributed by atoms with E-state index in [4.69, 9.17) is 16.3 Å². The van der Waals surface area contributed by atoms with Crippen molar-refractivity contribution in [2.45, 2.75) is 0 Å². The number of amides is 1. The van der Waals surface area contributed by atoms with Gasteiger partial charge in [-0.3, -0.25) is 4.79 Å². The molecule has 0 aliphatic carbocycles. The number of carbonyl (C=O) groups excluding carboxylic acids is 1. The number of carbonyl (C=O) groups is 1. The molecular formula is C24H18ClFN4O2. The first kappa shape index (κ1) is 21.3. The van der Waals surface area contributed by atoms with Gasteiger partial charge in [0.25, 0.3) is 5.91 Å². The van der Waals surface area contributed by atoms with E-state index in [-0.39, 0.29) is 11.7 Å². The van der Waals surface area contributed by atoms with Gasteiger partial charge in [-0.15, -0.1) is 0 Å². The molecule has 0 fully saturated rings. The van der Waals surface area contributed by atoms with Gasteiger partial charge in [-0.05, 0) is 54.6 Å². The third kappa shape index (κ3) is 5.01. The van der Waals surface area contributed by atoms with Crippen LogP contribution < -0.4 is 15.4 Å². The van der Waals surface area contributed by atoms with Gasteiger partial charge in [-0.2, -0.15) is 0 Å². The number of methoxy groups -OCH3 is 1. The predicted molar refractivity (Wildman–Crippen MR) is 123 cm³/mol. The van der Waals surface area contributed by atoms with E-state index in [2.05, 4.69) is 20.6 Å². The van der Waals surface area contributed by atoms with Crippen molar-refractivity contribution in [2.75, 3.05) is 17.7 Å². The quantitative estimate of drug-likeness (QED) is 0.381. The predicted octanol–water partition coefficient (Wildman–Crippen LogP) is 5.94. The topological polar surface area (TPSA) is 76.1 Å². The zero-order valence-corrected chi connectivity index (χ0v) is 17.7. The molecule has 0 aliphatic rings.